The fourth-order valence-electron chi connectivity index (χ4n) is 6.34. The number of esters is 1. The Balaban J connectivity index is 1.44. The highest BCUT2D eigenvalue weighted by atomic mass is 35.5. The highest BCUT2D eigenvalue weighted by Gasteiger charge is 2.72. The van der Waals surface area contributed by atoms with Crippen molar-refractivity contribution in [2.45, 2.75) is 63.9 Å². The van der Waals surface area contributed by atoms with Gasteiger partial charge in [-0.15, -0.1) is 0 Å². The van der Waals surface area contributed by atoms with Crippen molar-refractivity contribution in [1.29, 1.82) is 5.26 Å². The van der Waals surface area contributed by atoms with Gasteiger partial charge in [0.25, 0.3) is 0 Å². The van der Waals surface area contributed by atoms with E-state index in [-0.39, 0.29) is 18.0 Å². The number of halogens is 1. The summed E-state index contributed by atoms with van der Waals surface area (Å²) in [5, 5.41) is 10.6. The van der Waals surface area contributed by atoms with Gasteiger partial charge in [-0.25, -0.2) is 0 Å². The van der Waals surface area contributed by atoms with Gasteiger partial charge in [-0.3, -0.25) is 14.5 Å². The van der Waals surface area contributed by atoms with Crippen molar-refractivity contribution < 1.29 is 19.1 Å². The molecule has 1 unspecified atom stereocenters. The highest BCUT2D eigenvalue weighted by Crippen LogP contribution is 2.56. The lowest BCUT2D eigenvalue weighted by Gasteiger charge is -2.37. The monoisotopic (exact) mass is 468 g/mol. The number of fused-ring (bicyclic) bond motifs is 1. The van der Waals surface area contributed by atoms with E-state index < -0.39 is 29.6 Å². The van der Waals surface area contributed by atoms with E-state index >= 15 is 0 Å². The predicted molar refractivity (Wildman–Crippen MR) is 123 cm³/mol. The largest absolute Gasteiger partial charge is 0.462 e. The maximum Gasteiger partial charge on any atom is 0.313 e. The maximum atomic E-state index is 13.7. The number of carbonyl (C=O) groups excluding carboxylic acids is 2. The van der Waals surface area contributed by atoms with Gasteiger partial charge in [-0.05, 0) is 54.9 Å². The van der Waals surface area contributed by atoms with Gasteiger partial charge >= 0.3 is 5.97 Å². The first-order valence-corrected chi connectivity index (χ1v) is 12.2. The molecule has 1 saturated carbocycles. The molecule has 7 heteroatoms. The highest BCUT2D eigenvalue weighted by molar-refractivity contribution is 6.30. The Labute approximate surface area is 199 Å². The van der Waals surface area contributed by atoms with Gasteiger partial charge in [0.05, 0.1) is 18.1 Å². The smallest absolute Gasteiger partial charge is 0.313 e. The topological polar surface area (TPSA) is 79.6 Å². The molecule has 33 heavy (non-hydrogen) atoms. The molecule has 0 radical (unpaired) electrons. The van der Waals surface area contributed by atoms with Crippen molar-refractivity contribution >= 4 is 29.2 Å². The van der Waals surface area contributed by atoms with E-state index in [1.807, 2.05) is 6.08 Å². The summed E-state index contributed by atoms with van der Waals surface area (Å²) in [5.74, 6) is -0.976. The van der Waals surface area contributed by atoms with Crippen LogP contribution in [0.5, 0.6) is 0 Å². The van der Waals surface area contributed by atoms with E-state index in [0.717, 1.165) is 19.3 Å². The molecule has 1 aromatic rings. The number of amides is 1. The molecule has 1 amide bonds. The van der Waals surface area contributed by atoms with Crippen LogP contribution in [0.25, 0.3) is 0 Å². The lowest BCUT2D eigenvalue weighted by Crippen LogP contribution is -2.45. The zero-order chi connectivity index (χ0) is 23.5. The Morgan fingerprint density at radius 2 is 2.03 bits per heavy atom. The van der Waals surface area contributed by atoms with Crippen molar-refractivity contribution in [2.24, 2.45) is 29.6 Å². The van der Waals surface area contributed by atoms with Gasteiger partial charge in [0, 0.05) is 10.7 Å². The standard InChI is InChI=1S/C26H29ClN2O4/c1-14(2)18-9-4-15(3)12-20(18)32-25(31)22-19-10-11-26(33-19)21(13-28)29(24(30)23(22)26)17-7-5-16(27)6-8-17/h5-8,10-11,14-15,18-23H,4,9,12H2,1-3H3/t15-,18+,19+,20-,21?,22-,23-,26+/m1/s1. The Bertz CT molecular complexity index is 1030. The molecule has 6 nitrogen and oxygen atoms in total. The molecule has 1 aromatic carbocycles. The first-order valence-electron chi connectivity index (χ1n) is 11.8. The van der Waals surface area contributed by atoms with Gasteiger partial charge in [0.2, 0.25) is 5.91 Å². The average molecular weight is 469 g/mol. The van der Waals surface area contributed by atoms with E-state index in [4.69, 9.17) is 21.1 Å². The molecule has 8 atom stereocenters. The van der Waals surface area contributed by atoms with Crippen molar-refractivity contribution in [1.82, 2.24) is 0 Å². The molecular weight excluding hydrogens is 440 g/mol. The predicted octanol–water partition coefficient (Wildman–Crippen LogP) is 4.52. The zero-order valence-corrected chi connectivity index (χ0v) is 19.9. The number of ether oxygens (including phenoxy) is 2. The summed E-state index contributed by atoms with van der Waals surface area (Å²) in [6, 6.07) is 8.18. The van der Waals surface area contributed by atoms with E-state index in [1.54, 1.807) is 30.3 Å². The summed E-state index contributed by atoms with van der Waals surface area (Å²) in [5.41, 5.74) is -0.579. The second kappa shape index (κ2) is 8.14. The quantitative estimate of drug-likeness (QED) is 0.479. The SMILES string of the molecule is CC(C)[C@@H]1CC[C@@H](C)C[C@H]1OC(=O)[C@@H]1[C@@H]2C=C[C@]3(O2)C(C#N)N(c2ccc(Cl)cc2)C(=O)[C@@H]13. The molecule has 0 N–H and O–H groups in total. The summed E-state index contributed by atoms with van der Waals surface area (Å²) >= 11 is 6.02. The van der Waals surface area contributed by atoms with Crippen LogP contribution < -0.4 is 4.90 Å². The summed E-state index contributed by atoms with van der Waals surface area (Å²) < 4.78 is 12.4. The molecule has 4 aliphatic rings. The van der Waals surface area contributed by atoms with Gasteiger partial charge < -0.3 is 9.47 Å². The molecule has 2 bridgehead atoms. The normalized spacial score (nSPS) is 39.1. The van der Waals surface area contributed by atoms with Gasteiger partial charge in [-0.1, -0.05) is 50.9 Å². The number of nitrogens with zero attached hydrogens (tertiary/aromatic N) is 2. The minimum Gasteiger partial charge on any atom is -0.462 e. The van der Waals surface area contributed by atoms with Crippen molar-refractivity contribution in [3.05, 3.63) is 41.4 Å². The van der Waals surface area contributed by atoms with Gasteiger partial charge in [0.15, 0.2) is 6.04 Å². The fourth-order valence-corrected chi connectivity index (χ4v) is 6.46. The third kappa shape index (κ3) is 3.40. The minimum atomic E-state index is -1.14. The number of anilines is 1. The second-order valence-corrected chi connectivity index (χ2v) is 10.8. The van der Waals surface area contributed by atoms with E-state index in [2.05, 4.69) is 26.8 Å². The molecule has 3 fully saturated rings. The van der Waals surface area contributed by atoms with Crippen LogP contribution in [0.1, 0.15) is 40.0 Å². The zero-order valence-electron chi connectivity index (χ0n) is 19.1. The summed E-state index contributed by atoms with van der Waals surface area (Å²) in [6.45, 7) is 6.53. The molecule has 2 saturated heterocycles. The molecule has 174 valence electrons. The minimum absolute atomic E-state index is 0.157. The molecule has 0 aromatic heterocycles. The van der Waals surface area contributed by atoms with Gasteiger partial charge in [0.1, 0.15) is 17.6 Å². The maximum absolute atomic E-state index is 13.7. The van der Waals surface area contributed by atoms with Gasteiger partial charge in [-0.2, -0.15) is 5.26 Å². The third-order valence-corrected chi connectivity index (χ3v) is 8.25. The van der Waals surface area contributed by atoms with Crippen molar-refractivity contribution in [2.75, 3.05) is 4.90 Å². The van der Waals surface area contributed by atoms with Crippen LogP contribution in [0.2, 0.25) is 5.02 Å². The van der Waals surface area contributed by atoms with Crippen molar-refractivity contribution in [3.63, 3.8) is 0 Å². The molecule has 5 rings (SSSR count). The first-order chi connectivity index (χ1) is 15.8. The fraction of sp³-hybridized carbons (Fsp3) is 0.577. The van der Waals surface area contributed by atoms with Crippen LogP contribution in [0.3, 0.4) is 0 Å². The Kier molecular flexibility index (Phi) is 5.54. The number of benzene rings is 1. The van der Waals surface area contributed by atoms with E-state index in [1.165, 1.54) is 4.90 Å². The molecule has 1 spiro atoms. The van der Waals surface area contributed by atoms with Crippen molar-refractivity contribution in [3.8, 4) is 6.07 Å². The van der Waals surface area contributed by atoms with E-state index in [0.29, 0.717) is 28.5 Å². The van der Waals surface area contributed by atoms with Crippen LogP contribution in [0, 0.1) is 40.9 Å². The lowest BCUT2D eigenvalue weighted by molar-refractivity contribution is -0.164. The molecular formula is C26H29ClN2O4. The Morgan fingerprint density at radius 1 is 1.30 bits per heavy atom. The second-order valence-electron chi connectivity index (χ2n) is 10.3. The van der Waals surface area contributed by atoms with Crippen LogP contribution in [0.4, 0.5) is 5.69 Å². The number of nitriles is 1. The average Bonchev–Trinajstić information content (AvgIpc) is 3.41. The first kappa shape index (κ1) is 22.4. The number of hydrogen-bond donors (Lipinski definition) is 0. The molecule has 3 aliphatic heterocycles. The Hall–Kier alpha value is -2.36. The Morgan fingerprint density at radius 3 is 2.70 bits per heavy atom. The summed E-state index contributed by atoms with van der Waals surface area (Å²) in [4.78, 5) is 28.7. The number of carbonyl (C=O) groups is 2. The lowest BCUT2D eigenvalue weighted by atomic mass is 9.74. The van der Waals surface area contributed by atoms with E-state index in [9.17, 15) is 14.9 Å². The van der Waals surface area contributed by atoms with Crippen LogP contribution in [-0.2, 0) is 19.1 Å². The third-order valence-electron chi connectivity index (χ3n) is 8.00. The summed E-state index contributed by atoms with van der Waals surface area (Å²) in [6.07, 6.45) is 5.92. The van der Waals surface area contributed by atoms with Crippen LogP contribution in [0.15, 0.2) is 36.4 Å². The number of hydrogen-bond acceptors (Lipinski definition) is 5. The van der Waals surface area contributed by atoms with Crippen LogP contribution >= 0.6 is 11.6 Å². The summed E-state index contributed by atoms with van der Waals surface area (Å²) in [7, 11) is 0. The molecule has 1 aliphatic carbocycles. The number of rotatable bonds is 4. The van der Waals surface area contributed by atoms with Crippen LogP contribution in [-0.4, -0.2) is 35.7 Å². The molecule has 3 heterocycles.